The molecule has 1 nitrogen and oxygen atoms in total. The van der Waals surface area contributed by atoms with Crippen molar-refractivity contribution in [2.24, 2.45) is 22.7 Å². The molecule has 0 amide bonds. The van der Waals surface area contributed by atoms with Crippen LogP contribution < -0.4 is 0 Å². The number of benzene rings is 1. The molecule has 21 heavy (non-hydrogen) atoms. The minimum absolute atomic E-state index is 0.722. The summed E-state index contributed by atoms with van der Waals surface area (Å²) in [4.78, 5) is 4.16. The van der Waals surface area contributed by atoms with E-state index in [1.165, 1.54) is 16.7 Å². The monoisotopic (exact) mass is 281 g/mol. The molecule has 0 N–H and O–H groups in total. The van der Waals surface area contributed by atoms with E-state index in [0.29, 0.717) is 0 Å². The van der Waals surface area contributed by atoms with Crippen molar-refractivity contribution >= 4 is 11.8 Å². The van der Waals surface area contributed by atoms with Gasteiger partial charge in [-0.05, 0) is 59.8 Å². The highest BCUT2D eigenvalue weighted by Crippen LogP contribution is 2.58. The Labute approximate surface area is 129 Å². The van der Waals surface area contributed by atoms with Crippen LogP contribution in [-0.2, 0) is 0 Å². The molecule has 2 rings (SSSR count). The maximum absolute atomic E-state index is 4.16. The zero-order valence-corrected chi connectivity index (χ0v) is 13.9. The van der Waals surface area contributed by atoms with Crippen LogP contribution in [0.15, 0.2) is 42.0 Å². The van der Waals surface area contributed by atoms with E-state index in [1.807, 2.05) is 6.21 Å². The van der Waals surface area contributed by atoms with E-state index in [-0.39, 0.29) is 0 Å². The van der Waals surface area contributed by atoms with E-state index >= 15 is 0 Å². The molecule has 0 heterocycles. The summed E-state index contributed by atoms with van der Waals surface area (Å²) < 4.78 is 0. The van der Waals surface area contributed by atoms with Crippen molar-refractivity contribution in [2.75, 3.05) is 0 Å². The molecule has 0 aliphatic heterocycles. The zero-order chi connectivity index (χ0) is 15.6. The molecule has 0 saturated heterocycles. The van der Waals surface area contributed by atoms with Crippen LogP contribution in [0.1, 0.15) is 50.3 Å². The maximum Gasteiger partial charge on any atom is 0.0342 e. The summed E-state index contributed by atoms with van der Waals surface area (Å²) in [5, 5.41) is 0. The average Bonchev–Trinajstić information content (AvgIpc) is 3.12. The Bertz CT molecular complexity index is 578. The van der Waals surface area contributed by atoms with Gasteiger partial charge in [-0.15, -0.1) is 0 Å². The Kier molecular flexibility index (Phi) is 4.82. The summed E-state index contributed by atoms with van der Waals surface area (Å²) in [5.74, 6) is 3.11. The van der Waals surface area contributed by atoms with Crippen molar-refractivity contribution in [2.45, 2.75) is 40.5 Å². The molecule has 1 fully saturated rings. The highest BCUT2D eigenvalue weighted by molar-refractivity contribution is 6.09. The number of hydrogen-bond donors (Lipinski definition) is 0. The lowest BCUT2D eigenvalue weighted by molar-refractivity contribution is 0.523. The minimum Gasteiger partial charge on any atom is -0.265 e. The van der Waals surface area contributed by atoms with Crippen LogP contribution in [0, 0.1) is 24.7 Å². The number of nitrogens with zero attached hydrogens (tertiary/aromatic N) is 1. The summed E-state index contributed by atoms with van der Waals surface area (Å²) in [6.07, 6.45) is 5.58. The maximum atomic E-state index is 4.16. The van der Waals surface area contributed by atoms with Crippen LogP contribution in [0.2, 0.25) is 0 Å². The molecule has 0 radical (unpaired) electrons. The van der Waals surface area contributed by atoms with Gasteiger partial charge in [-0.2, -0.15) is 0 Å². The molecule has 1 heteroatoms. The van der Waals surface area contributed by atoms with Gasteiger partial charge in [0.1, 0.15) is 0 Å². The Morgan fingerprint density at radius 3 is 2.57 bits per heavy atom. The van der Waals surface area contributed by atoms with Crippen molar-refractivity contribution in [1.82, 2.24) is 0 Å². The lowest BCUT2D eigenvalue weighted by Gasteiger charge is -2.10. The molecule has 1 aromatic carbocycles. The Morgan fingerprint density at radius 2 is 2.05 bits per heavy atom. The molecule has 3 atom stereocenters. The van der Waals surface area contributed by atoms with Crippen LogP contribution in [0.25, 0.3) is 5.57 Å². The van der Waals surface area contributed by atoms with Crippen molar-refractivity contribution in [3.05, 3.63) is 53.7 Å². The molecule has 1 aliphatic carbocycles. The van der Waals surface area contributed by atoms with Gasteiger partial charge in [0.2, 0.25) is 0 Å². The van der Waals surface area contributed by atoms with Crippen molar-refractivity contribution in [3.8, 4) is 0 Å². The first kappa shape index (κ1) is 15.8. The molecule has 1 saturated carbocycles. The van der Waals surface area contributed by atoms with Crippen molar-refractivity contribution in [3.63, 3.8) is 0 Å². The summed E-state index contributed by atoms with van der Waals surface area (Å²) >= 11 is 0. The average molecular weight is 281 g/mol. The Morgan fingerprint density at radius 1 is 1.33 bits per heavy atom. The van der Waals surface area contributed by atoms with Gasteiger partial charge in [0, 0.05) is 12.4 Å². The third kappa shape index (κ3) is 3.18. The van der Waals surface area contributed by atoms with E-state index in [9.17, 15) is 0 Å². The predicted molar refractivity (Wildman–Crippen MR) is 93.8 cm³/mol. The first-order valence-corrected chi connectivity index (χ1v) is 7.92. The predicted octanol–water partition coefficient (Wildman–Crippen LogP) is 5.62. The van der Waals surface area contributed by atoms with Gasteiger partial charge in [-0.25, -0.2) is 0 Å². The van der Waals surface area contributed by atoms with Gasteiger partial charge in [0.15, 0.2) is 0 Å². The number of rotatable bonds is 5. The van der Waals surface area contributed by atoms with E-state index in [4.69, 9.17) is 0 Å². The molecule has 1 aliphatic rings. The Balaban J connectivity index is 2.35. The molecule has 1 aromatic rings. The topological polar surface area (TPSA) is 12.4 Å². The van der Waals surface area contributed by atoms with Gasteiger partial charge in [-0.1, -0.05) is 51.6 Å². The smallest absolute Gasteiger partial charge is 0.0342 e. The van der Waals surface area contributed by atoms with E-state index in [2.05, 4.69) is 70.5 Å². The fourth-order valence-electron chi connectivity index (χ4n) is 3.63. The number of aryl methyl sites for hydroxylation is 1. The van der Waals surface area contributed by atoms with Gasteiger partial charge in [0.05, 0.1) is 0 Å². The van der Waals surface area contributed by atoms with Crippen molar-refractivity contribution < 1.29 is 0 Å². The molecule has 0 bridgehead atoms. The zero-order valence-electron chi connectivity index (χ0n) is 13.9. The lowest BCUT2D eigenvalue weighted by Crippen LogP contribution is -1.96. The molecule has 112 valence electrons. The summed E-state index contributed by atoms with van der Waals surface area (Å²) in [7, 11) is 0. The highest BCUT2D eigenvalue weighted by atomic mass is 14.7. The largest absolute Gasteiger partial charge is 0.265 e. The van der Waals surface area contributed by atoms with Gasteiger partial charge in [0.25, 0.3) is 0 Å². The van der Waals surface area contributed by atoms with Gasteiger partial charge >= 0.3 is 0 Å². The quantitative estimate of drug-likeness (QED) is 0.621. The van der Waals surface area contributed by atoms with Crippen LogP contribution in [0.5, 0.6) is 0 Å². The summed E-state index contributed by atoms with van der Waals surface area (Å²) in [6.45, 7) is 15.0. The number of allylic oxidation sites excluding steroid dienone is 2. The minimum atomic E-state index is 0.722. The molecule has 0 spiro atoms. The van der Waals surface area contributed by atoms with Gasteiger partial charge < -0.3 is 0 Å². The van der Waals surface area contributed by atoms with E-state index < -0.39 is 0 Å². The van der Waals surface area contributed by atoms with Crippen LogP contribution >= 0.6 is 0 Å². The lowest BCUT2D eigenvalue weighted by atomic mass is 9.95. The molecule has 0 aromatic heterocycles. The molecular formula is C20H27N. The summed E-state index contributed by atoms with van der Waals surface area (Å²) in [5.41, 5.74) is 5.34. The number of aliphatic imine (C=N–C) groups is 1. The summed E-state index contributed by atoms with van der Waals surface area (Å²) in [6, 6.07) is 6.81. The molecule has 3 unspecified atom stereocenters. The van der Waals surface area contributed by atoms with Crippen LogP contribution in [0.3, 0.4) is 0 Å². The Hall–Kier alpha value is -1.63. The first-order valence-electron chi connectivity index (χ1n) is 7.92. The van der Waals surface area contributed by atoms with Crippen LogP contribution in [-0.4, -0.2) is 6.21 Å². The second-order valence-corrected chi connectivity index (χ2v) is 6.48. The normalized spacial score (nSPS) is 25.6. The third-order valence-electron chi connectivity index (χ3n) is 4.82. The highest BCUT2D eigenvalue weighted by Gasteiger charge is 2.49. The second kappa shape index (κ2) is 6.43. The van der Waals surface area contributed by atoms with E-state index in [1.54, 1.807) is 6.20 Å². The number of hydrogen-bond acceptors (Lipinski definition) is 1. The molecular weight excluding hydrogens is 254 g/mol. The van der Waals surface area contributed by atoms with Gasteiger partial charge in [-0.3, -0.25) is 4.99 Å². The second-order valence-electron chi connectivity index (χ2n) is 6.48. The third-order valence-corrected chi connectivity index (χ3v) is 4.82. The standard InChI is InChI=1S/C20H27N/c1-7-16(12-21-8-2)17-10-9-14(5)18(11-17)20-15(6)19(20)13(3)4/h7-13,15,19-20H,2H2,1,3-6H3/b16-7+,21-12?. The fraction of sp³-hybridized carbons (Fsp3) is 0.450. The first-order chi connectivity index (χ1) is 10.0. The van der Waals surface area contributed by atoms with Crippen LogP contribution in [0.4, 0.5) is 0 Å². The van der Waals surface area contributed by atoms with Crippen molar-refractivity contribution in [1.29, 1.82) is 0 Å². The van der Waals surface area contributed by atoms with E-state index in [0.717, 1.165) is 29.2 Å². The SMILES string of the molecule is C=CN=C/C(=C\C)c1ccc(C)c(C2C(C)C2C(C)C)c1. The fourth-order valence-corrected chi connectivity index (χ4v) is 3.63.